The summed E-state index contributed by atoms with van der Waals surface area (Å²) in [6, 6.07) is 14.8. The molecule has 0 spiro atoms. The van der Waals surface area contributed by atoms with Gasteiger partial charge in [0, 0.05) is 43.1 Å². The number of nitrogens with zero attached hydrogens (tertiary/aromatic N) is 2. The molecular formula is C25H25F2N3O4S. The molecule has 35 heavy (non-hydrogen) atoms. The van der Waals surface area contributed by atoms with Gasteiger partial charge in [-0.1, -0.05) is 6.07 Å². The second-order valence-electron chi connectivity index (χ2n) is 8.15. The third kappa shape index (κ3) is 5.28. The summed E-state index contributed by atoms with van der Waals surface area (Å²) in [5.74, 6) is -1.38. The number of halogens is 2. The number of ether oxygens (including phenoxy) is 1. The summed E-state index contributed by atoms with van der Waals surface area (Å²) in [7, 11) is -2.60. The Kier molecular flexibility index (Phi) is 7.04. The molecule has 184 valence electrons. The Morgan fingerprint density at radius 1 is 0.914 bits per heavy atom. The number of hydrogen-bond donors (Lipinski definition) is 1. The Morgan fingerprint density at radius 3 is 2.23 bits per heavy atom. The number of sulfonamides is 1. The van der Waals surface area contributed by atoms with Crippen molar-refractivity contribution in [1.29, 1.82) is 0 Å². The maximum absolute atomic E-state index is 14.6. The van der Waals surface area contributed by atoms with E-state index in [-0.39, 0.29) is 24.3 Å². The summed E-state index contributed by atoms with van der Waals surface area (Å²) in [6.07, 6.45) is 0. The second-order valence-corrected chi connectivity index (χ2v) is 10.1. The Balaban J connectivity index is 1.49. The molecule has 3 aromatic rings. The van der Waals surface area contributed by atoms with Gasteiger partial charge in [0.05, 0.1) is 7.11 Å². The van der Waals surface area contributed by atoms with Crippen LogP contribution in [0, 0.1) is 18.6 Å². The van der Waals surface area contributed by atoms with Gasteiger partial charge in [0.25, 0.3) is 5.91 Å². The lowest BCUT2D eigenvalue weighted by Crippen LogP contribution is -2.48. The fraction of sp³-hybridized carbons (Fsp3) is 0.240. The van der Waals surface area contributed by atoms with Crippen LogP contribution in [0.15, 0.2) is 65.6 Å². The fourth-order valence-corrected chi connectivity index (χ4v) is 5.35. The number of aryl methyl sites for hydroxylation is 1. The minimum Gasteiger partial charge on any atom is -0.497 e. The van der Waals surface area contributed by atoms with E-state index in [0.29, 0.717) is 18.7 Å². The van der Waals surface area contributed by atoms with Crippen molar-refractivity contribution in [2.45, 2.75) is 11.8 Å². The predicted molar refractivity (Wildman–Crippen MR) is 129 cm³/mol. The van der Waals surface area contributed by atoms with Gasteiger partial charge in [0.1, 0.15) is 22.3 Å². The predicted octanol–water partition coefficient (Wildman–Crippen LogP) is 4.05. The van der Waals surface area contributed by atoms with E-state index < -0.39 is 32.5 Å². The number of piperazine rings is 1. The third-order valence-electron chi connectivity index (χ3n) is 5.92. The van der Waals surface area contributed by atoms with Gasteiger partial charge in [-0.2, -0.15) is 4.31 Å². The van der Waals surface area contributed by atoms with E-state index in [2.05, 4.69) is 5.32 Å². The van der Waals surface area contributed by atoms with E-state index in [9.17, 15) is 22.0 Å². The van der Waals surface area contributed by atoms with Crippen molar-refractivity contribution in [2.75, 3.05) is 43.5 Å². The summed E-state index contributed by atoms with van der Waals surface area (Å²) in [5, 5.41) is 2.51. The van der Waals surface area contributed by atoms with Gasteiger partial charge in [-0.05, 0) is 67.1 Å². The number of carbonyl (C=O) groups is 1. The van der Waals surface area contributed by atoms with Gasteiger partial charge >= 0.3 is 0 Å². The Morgan fingerprint density at radius 2 is 1.60 bits per heavy atom. The first-order valence-electron chi connectivity index (χ1n) is 11.0. The van der Waals surface area contributed by atoms with Crippen LogP contribution in [0.2, 0.25) is 0 Å². The van der Waals surface area contributed by atoms with Crippen molar-refractivity contribution in [2.24, 2.45) is 0 Å². The molecule has 0 atom stereocenters. The van der Waals surface area contributed by atoms with E-state index >= 15 is 0 Å². The van der Waals surface area contributed by atoms with Crippen LogP contribution in [0.3, 0.4) is 0 Å². The topological polar surface area (TPSA) is 79.0 Å². The molecule has 0 bridgehead atoms. The van der Waals surface area contributed by atoms with Crippen LogP contribution < -0.4 is 15.0 Å². The van der Waals surface area contributed by atoms with Crippen molar-refractivity contribution in [1.82, 2.24) is 4.31 Å². The molecule has 1 aliphatic heterocycles. The zero-order valence-corrected chi connectivity index (χ0v) is 20.1. The highest BCUT2D eigenvalue weighted by atomic mass is 32.2. The molecule has 10 heteroatoms. The first-order valence-corrected chi connectivity index (χ1v) is 12.4. The van der Waals surface area contributed by atoms with Gasteiger partial charge in [0.2, 0.25) is 10.0 Å². The quantitative estimate of drug-likeness (QED) is 0.552. The number of hydrogen-bond acceptors (Lipinski definition) is 5. The third-order valence-corrected chi connectivity index (χ3v) is 7.83. The fourth-order valence-electron chi connectivity index (χ4n) is 3.83. The molecule has 1 N–H and O–H groups in total. The molecule has 7 nitrogen and oxygen atoms in total. The lowest BCUT2D eigenvalue weighted by Gasteiger charge is -2.35. The van der Waals surface area contributed by atoms with Crippen molar-refractivity contribution in [3.05, 3.63) is 83.4 Å². The smallest absolute Gasteiger partial charge is 0.255 e. The van der Waals surface area contributed by atoms with E-state index in [4.69, 9.17) is 4.74 Å². The first-order chi connectivity index (χ1) is 16.7. The van der Waals surface area contributed by atoms with E-state index in [1.165, 1.54) is 22.5 Å². The van der Waals surface area contributed by atoms with Crippen molar-refractivity contribution in [3.8, 4) is 5.75 Å². The molecule has 4 rings (SSSR count). The van der Waals surface area contributed by atoms with E-state index in [1.54, 1.807) is 14.0 Å². The summed E-state index contributed by atoms with van der Waals surface area (Å²) >= 11 is 0. The molecule has 0 aliphatic carbocycles. The van der Waals surface area contributed by atoms with Gasteiger partial charge in [-0.15, -0.1) is 0 Å². The molecular weight excluding hydrogens is 476 g/mol. The largest absolute Gasteiger partial charge is 0.497 e. The number of nitrogens with one attached hydrogen (secondary N) is 1. The SMILES string of the molecule is COc1ccc(N2CCN(S(=O)(=O)c3cc(C(=O)Nc4ccc(C)c(F)c4)ccc3F)CC2)cc1. The van der Waals surface area contributed by atoms with Crippen LogP contribution in [0.4, 0.5) is 20.2 Å². The summed E-state index contributed by atoms with van der Waals surface area (Å²) < 4.78 is 61.2. The lowest BCUT2D eigenvalue weighted by atomic mass is 10.2. The van der Waals surface area contributed by atoms with Gasteiger partial charge < -0.3 is 15.0 Å². The molecule has 1 fully saturated rings. The van der Waals surface area contributed by atoms with Crippen LogP contribution in [0.1, 0.15) is 15.9 Å². The maximum Gasteiger partial charge on any atom is 0.255 e. The molecule has 1 amide bonds. The summed E-state index contributed by atoms with van der Waals surface area (Å²) in [4.78, 5) is 14.1. The minimum atomic E-state index is -4.18. The highest BCUT2D eigenvalue weighted by molar-refractivity contribution is 7.89. The molecule has 0 aromatic heterocycles. The van der Waals surface area contributed by atoms with Crippen LogP contribution in [0.5, 0.6) is 5.75 Å². The van der Waals surface area contributed by atoms with Crippen LogP contribution >= 0.6 is 0 Å². The normalized spacial score (nSPS) is 14.6. The standard InChI is InChI=1S/C25H25F2N3O4S/c1-17-3-5-19(16-23(17)27)28-25(31)18-4-10-22(26)24(15-18)35(32,33)30-13-11-29(12-14-30)20-6-8-21(34-2)9-7-20/h3-10,15-16H,11-14H2,1-2H3,(H,28,31). The number of anilines is 2. The second kappa shape index (κ2) is 10.0. The Hall–Kier alpha value is -3.50. The molecule has 0 unspecified atom stereocenters. The van der Waals surface area contributed by atoms with Crippen molar-refractivity contribution in [3.63, 3.8) is 0 Å². The molecule has 1 aliphatic rings. The zero-order chi connectivity index (χ0) is 25.2. The zero-order valence-electron chi connectivity index (χ0n) is 19.3. The Labute approximate surface area is 203 Å². The van der Waals surface area contributed by atoms with E-state index in [1.807, 2.05) is 29.2 Å². The summed E-state index contributed by atoms with van der Waals surface area (Å²) in [5.41, 5.74) is 1.51. The van der Waals surface area contributed by atoms with Gasteiger partial charge in [-0.25, -0.2) is 17.2 Å². The number of amides is 1. The van der Waals surface area contributed by atoms with Crippen molar-refractivity contribution >= 4 is 27.3 Å². The number of carbonyl (C=O) groups excluding carboxylic acids is 1. The van der Waals surface area contributed by atoms with Gasteiger partial charge in [0.15, 0.2) is 0 Å². The number of rotatable bonds is 6. The van der Waals surface area contributed by atoms with E-state index in [0.717, 1.165) is 29.6 Å². The average molecular weight is 502 g/mol. The number of methoxy groups -OCH3 is 1. The Bertz CT molecular complexity index is 1340. The number of benzene rings is 3. The maximum atomic E-state index is 14.6. The van der Waals surface area contributed by atoms with Gasteiger partial charge in [-0.3, -0.25) is 4.79 Å². The van der Waals surface area contributed by atoms with Crippen LogP contribution in [-0.4, -0.2) is 51.9 Å². The molecule has 0 saturated carbocycles. The van der Waals surface area contributed by atoms with Crippen molar-refractivity contribution < 1.29 is 26.7 Å². The highest BCUT2D eigenvalue weighted by Crippen LogP contribution is 2.25. The molecule has 3 aromatic carbocycles. The molecule has 0 radical (unpaired) electrons. The molecule has 1 heterocycles. The van der Waals surface area contributed by atoms with Crippen LogP contribution in [0.25, 0.3) is 0 Å². The molecule has 1 saturated heterocycles. The summed E-state index contributed by atoms with van der Waals surface area (Å²) in [6.45, 7) is 2.76. The first kappa shape index (κ1) is 24.6. The highest BCUT2D eigenvalue weighted by Gasteiger charge is 2.31. The van der Waals surface area contributed by atoms with Crippen LogP contribution in [-0.2, 0) is 10.0 Å². The average Bonchev–Trinajstić information content (AvgIpc) is 2.86. The minimum absolute atomic E-state index is 0.0529. The monoisotopic (exact) mass is 501 g/mol. The lowest BCUT2D eigenvalue weighted by molar-refractivity contribution is 0.102.